The van der Waals surface area contributed by atoms with Gasteiger partial charge in [0.2, 0.25) is 0 Å². The van der Waals surface area contributed by atoms with Gasteiger partial charge in [0, 0.05) is 43.4 Å². The molecule has 1 aromatic heterocycles. The number of likely N-dealkylation sites (tertiary alicyclic amines) is 1. The van der Waals surface area contributed by atoms with E-state index in [1.165, 1.54) is 30.8 Å². The van der Waals surface area contributed by atoms with Crippen LogP contribution in [0, 0.1) is 23.1 Å². The monoisotopic (exact) mass is 629 g/mol. The van der Waals surface area contributed by atoms with Gasteiger partial charge < -0.3 is 19.4 Å². The first-order chi connectivity index (χ1) is 20.8. The normalized spacial score (nSPS) is 22.3. The van der Waals surface area contributed by atoms with Gasteiger partial charge in [-0.1, -0.05) is 0 Å². The second kappa shape index (κ2) is 13.3. The van der Waals surface area contributed by atoms with Crippen molar-refractivity contribution in [1.82, 2.24) is 19.8 Å². The number of benzene rings is 1. The van der Waals surface area contributed by atoms with E-state index in [2.05, 4.69) is 19.8 Å². The molecule has 44 heavy (non-hydrogen) atoms. The molecule has 0 atom stereocenters. The van der Waals surface area contributed by atoms with Crippen molar-refractivity contribution in [2.75, 3.05) is 49.6 Å². The summed E-state index contributed by atoms with van der Waals surface area (Å²) in [5, 5.41) is 0. The van der Waals surface area contributed by atoms with Gasteiger partial charge in [0.15, 0.2) is 11.6 Å². The van der Waals surface area contributed by atoms with E-state index in [0.717, 1.165) is 71.2 Å². The summed E-state index contributed by atoms with van der Waals surface area (Å²) in [4.78, 5) is 28.8. The van der Waals surface area contributed by atoms with Crippen LogP contribution in [0.2, 0.25) is 0 Å². The highest BCUT2D eigenvalue weighted by Gasteiger charge is 2.46. The van der Waals surface area contributed by atoms with Crippen molar-refractivity contribution in [1.29, 1.82) is 0 Å². The third-order valence-electron chi connectivity index (χ3n) is 9.69. The summed E-state index contributed by atoms with van der Waals surface area (Å²) < 4.78 is 43.9. The summed E-state index contributed by atoms with van der Waals surface area (Å²) in [6.07, 6.45) is 11.0. The number of hydrogen-bond acceptors (Lipinski definition) is 8. The van der Waals surface area contributed by atoms with Crippen LogP contribution >= 0.6 is 0 Å². The zero-order valence-corrected chi connectivity index (χ0v) is 27.7. The second-order valence-electron chi connectivity index (χ2n) is 14.0. The molecule has 0 bridgehead atoms. The van der Waals surface area contributed by atoms with E-state index >= 15 is 0 Å². The van der Waals surface area contributed by atoms with Crippen LogP contribution in [-0.4, -0.2) is 90.9 Å². The Labute approximate surface area is 262 Å². The van der Waals surface area contributed by atoms with Crippen LogP contribution in [0.25, 0.3) is 0 Å². The number of piperidine rings is 1. The fraction of sp³-hybridized carbons (Fsp3) is 0.667. The molecule has 3 heterocycles. The van der Waals surface area contributed by atoms with Crippen LogP contribution in [0.3, 0.4) is 0 Å². The van der Waals surface area contributed by atoms with Crippen LogP contribution in [0.15, 0.2) is 30.7 Å². The highest BCUT2D eigenvalue weighted by Crippen LogP contribution is 2.45. The number of aromatic nitrogens is 2. The van der Waals surface area contributed by atoms with Crippen molar-refractivity contribution in [3.05, 3.63) is 42.1 Å². The summed E-state index contributed by atoms with van der Waals surface area (Å²) in [7, 11) is -2.90. The fourth-order valence-corrected chi connectivity index (χ4v) is 8.70. The number of nitrogens with zero attached hydrogens (tertiary/aromatic N) is 5. The molecule has 0 N–H and O–H groups in total. The number of hydrogen-bond donors (Lipinski definition) is 0. The highest BCUT2D eigenvalue weighted by molar-refractivity contribution is 7.90. The lowest BCUT2D eigenvalue weighted by Gasteiger charge is -2.54. The standard InChI is InChI=1S/C33H48FN5O4S/c1-23(2)39(24(3)4)32(40)28-16-27(34)10-11-29(28)43-30-17-35-22-36-31(30)38-20-33(21-38)12-14-37(15-13-33)18-25-6-8-26(9-7-25)19-44(5,41)42/h10-11,16-17,22-26H,6-9,12-15,18-21H2,1-5H3. The summed E-state index contributed by atoms with van der Waals surface area (Å²) in [6, 6.07) is 3.94. The lowest BCUT2D eigenvalue weighted by molar-refractivity contribution is 0.0609. The van der Waals surface area contributed by atoms with Crippen molar-refractivity contribution in [3.8, 4) is 11.5 Å². The molecular formula is C33H48FN5O4S. The molecule has 242 valence electrons. The van der Waals surface area contributed by atoms with Gasteiger partial charge in [0.05, 0.1) is 17.5 Å². The van der Waals surface area contributed by atoms with Crippen LogP contribution in [0.4, 0.5) is 10.2 Å². The SMILES string of the molecule is CC(C)N(C(=O)c1cc(F)ccc1Oc1cncnc1N1CC2(CCN(CC3CCC(CS(C)(=O)=O)CC3)CC2)C1)C(C)C. The summed E-state index contributed by atoms with van der Waals surface area (Å²) in [5.74, 6) is 1.97. The predicted molar refractivity (Wildman–Crippen MR) is 170 cm³/mol. The Balaban J connectivity index is 1.18. The molecule has 11 heteroatoms. The smallest absolute Gasteiger partial charge is 0.258 e. The van der Waals surface area contributed by atoms with E-state index in [0.29, 0.717) is 29.2 Å². The topological polar surface area (TPSA) is 95.9 Å². The van der Waals surface area contributed by atoms with E-state index < -0.39 is 15.7 Å². The van der Waals surface area contributed by atoms with Crippen molar-refractivity contribution in [2.24, 2.45) is 17.3 Å². The molecule has 1 saturated carbocycles. The first kappa shape index (κ1) is 32.6. The Bertz CT molecular complexity index is 1400. The van der Waals surface area contributed by atoms with Crippen LogP contribution in [-0.2, 0) is 9.84 Å². The van der Waals surface area contributed by atoms with Crippen molar-refractivity contribution >= 4 is 21.6 Å². The van der Waals surface area contributed by atoms with Crippen LogP contribution in [0.5, 0.6) is 11.5 Å². The second-order valence-corrected chi connectivity index (χ2v) is 16.2. The van der Waals surface area contributed by atoms with Crippen LogP contribution < -0.4 is 9.64 Å². The van der Waals surface area contributed by atoms with Gasteiger partial charge in [-0.15, -0.1) is 0 Å². The van der Waals surface area contributed by atoms with Gasteiger partial charge in [0.1, 0.15) is 27.7 Å². The lowest BCUT2D eigenvalue weighted by atomic mass is 9.71. The van der Waals surface area contributed by atoms with E-state index in [4.69, 9.17) is 4.74 Å². The van der Waals surface area contributed by atoms with E-state index in [1.54, 1.807) is 11.1 Å². The summed E-state index contributed by atoms with van der Waals surface area (Å²) >= 11 is 0. The molecule has 2 aromatic rings. The number of halogens is 1. The van der Waals surface area contributed by atoms with Gasteiger partial charge in [0.25, 0.3) is 5.91 Å². The maximum Gasteiger partial charge on any atom is 0.258 e. The third-order valence-corrected chi connectivity index (χ3v) is 10.8. The average molecular weight is 630 g/mol. The zero-order chi connectivity index (χ0) is 31.6. The largest absolute Gasteiger partial charge is 0.451 e. The van der Waals surface area contributed by atoms with Crippen LogP contribution in [0.1, 0.15) is 76.6 Å². The Kier molecular flexibility index (Phi) is 9.84. The number of carbonyl (C=O) groups excluding carboxylic acids is 1. The number of sulfone groups is 1. The number of amides is 1. The van der Waals surface area contributed by atoms with E-state index in [-0.39, 0.29) is 34.7 Å². The maximum atomic E-state index is 14.3. The molecule has 3 aliphatic rings. The van der Waals surface area contributed by atoms with Gasteiger partial charge in [-0.25, -0.2) is 22.8 Å². The Hall–Kier alpha value is -2.79. The molecule has 2 saturated heterocycles. The predicted octanol–water partition coefficient (Wildman–Crippen LogP) is 5.42. The average Bonchev–Trinajstić information content (AvgIpc) is 2.93. The molecule has 1 spiro atoms. The summed E-state index contributed by atoms with van der Waals surface area (Å²) in [6.45, 7) is 12.8. The minimum atomic E-state index is -2.90. The van der Waals surface area contributed by atoms with Crippen molar-refractivity contribution in [2.45, 2.75) is 78.3 Å². The number of ether oxygens (including phenoxy) is 1. The molecule has 5 rings (SSSR count). The molecule has 0 radical (unpaired) electrons. The first-order valence-corrected chi connectivity index (χ1v) is 18.1. The molecule has 1 aromatic carbocycles. The molecular weight excluding hydrogens is 581 g/mol. The molecule has 1 amide bonds. The Morgan fingerprint density at radius 2 is 1.68 bits per heavy atom. The minimum absolute atomic E-state index is 0.0557. The molecule has 3 fully saturated rings. The molecule has 9 nitrogen and oxygen atoms in total. The lowest BCUT2D eigenvalue weighted by Crippen LogP contribution is -2.61. The van der Waals surface area contributed by atoms with Crippen molar-refractivity contribution < 1.29 is 22.3 Å². The van der Waals surface area contributed by atoms with Gasteiger partial charge >= 0.3 is 0 Å². The zero-order valence-electron chi connectivity index (χ0n) is 26.8. The highest BCUT2D eigenvalue weighted by atomic mass is 32.2. The Morgan fingerprint density at radius 3 is 2.30 bits per heavy atom. The van der Waals surface area contributed by atoms with Crippen molar-refractivity contribution in [3.63, 3.8) is 0 Å². The van der Waals surface area contributed by atoms with Gasteiger partial charge in [-0.05, 0) is 109 Å². The number of carbonyl (C=O) groups is 1. The van der Waals surface area contributed by atoms with E-state index in [1.807, 2.05) is 27.7 Å². The summed E-state index contributed by atoms with van der Waals surface area (Å²) in [5.41, 5.74) is 0.427. The molecule has 1 aliphatic carbocycles. The minimum Gasteiger partial charge on any atom is -0.451 e. The fourth-order valence-electron chi connectivity index (χ4n) is 7.51. The molecule has 0 unspecified atom stereocenters. The van der Waals surface area contributed by atoms with Gasteiger partial charge in [-0.2, -0.15) is 0 Å². The van der Waals surface area contributed by atoms with Gasteiger partial charge in [-0.3, -0.25) is 4.79 Å². The number of anilines is 1. The third kappa shape index (κ3) is 7.70. The van der Waals surface area contributed by atoms with E-state index in [9.17, 15) is 17.6 Å². The Morgan fingerprint density at radius 1 is 1.05 bits per heavy atom. The molecule has 2 aliphatic heterocycles. The first-order valence-electron chi connectivity index (χ1n) is 16.1. The quantitative estimate of drug-likeness (QED) is 0.344. The maximum absolute atomic E-state index is 14.3. The number of rotatable bonds is 10.